The van der Waals surface area contributed by atoms with Crippen LogP contribution in [0.3, 0.4) is 0 Å². The quantitative estimate of drug-likeness (QED) is 0.776. The van der Waals surface area contributed by atoms with Crippen molar-refractivity contribution in [3.8, 4) is 0 Å². The van der Waals surface area contributed by atoms with Crippen LogP contribution < -0.4 is 10.6 Å². The minimum atomic E-state index is -0.937. The normalized spacial score (nSPS) is 14.4. The van der Waals surface area contributed by atoms with Gasteiger partial charge in [-0.1, -0.05) is 30.3 Å². The Hall–Kier alpha value is -2.37. The summed E-state index contributed by atoms with van der Waals surface area (Å²) in [6, 6.07) is 8.28. The summed E-state index contributed by atoms with van der Waals surface area (Å²) in [4.78, 5) is 34.7. The number of amides is 2. The fourth-order valence-electron chi connectivity index (χ4n) is 2.07. The molecule has 0 aliphatic heterocycles. The molecule has 1 aromatic carbocycles. The molecule has 22 heavy (non-hydrogen) atoms. The molecule has 3 atom stereocenters. The maximum absolute atomic E-state index is 12.4. The molecular formula is C16H22N2O4. The largest absolute Gasteiger partial charge is 0.460 e. The Morgan fingerprint density at radius 3 is 2.09 bits per heavy atom. The van der Waals surface area contributed by atoms with Crippen LogP contribution >= 0.6 is 0 Å². The average molecular weight is 306 g/mol. The zero-order valence-corrected chi connectivity index (χ0v) is 13.3. The van der Waals surface area contributed by atoms with Crippen LogP contribution in [0.2, 0.25) is 0 Å². The summed E-state index contributed by atoms with van der Waals surface area (Å²) in [6.45, 7) is 5.97. The first-order valence-corrected chi connectivity index (χ1v) is 7.11. The van der Waals surface area contributed by atoms with Crippen molar-refractivity contribution in [2.24, 2.45) is 0 Å². The molecule has 1 aromatic rings. The number of nitrogens with one attached hydrogen (secondary N) is 2. The molecule has 0 radical (unpaired) electrons. The predicted molar refractivity (Wildman–Crippen MR) is 81.8 cm³/mol. The number of carbonyl (C=O) groups is 3. The van der Waals surface area contributed by atoms with Crippen LogP contribution in [0.5, 0.6) is 0 Å². The maximum Gasteiger partial charge on any atom is 0.302 e. The lowest BCUT2D eigenvalue weighted by molar-refractivity contribution is -0.149. The fraction of sp³-hybridized carbons (Fsp3) is 0.438. The molecule has 0 heterocycles. The standard InChI is InChI=1S/C16H22N2O4/c1-10(14-8-6-5-7-9-14)17-16(21)15(18-12(3)19)11(2)22-13(4)20/h5-11,15H,1-4H3,(H,17,21)(H,18,19)/t10-,11-,15-/m0/s1. The summed E-state index contributed by atoms with van der Waals surface area (Å²) < 4.78 is 5.01. The van der Waals surface area contributed by atoms with Gasteiger partial charge in [0.25, 0.3) is 0 Å². The van der Waals surface area contributed by atoms with Gasteiger partial charge in [-0.3, -0.25) is 14.4 Å². The topological polar surface area (TPSA) is 84.5 Å². The first-order chi connectivity index (χ1) is 10.3. The zero-order valence-electron chi connectivity index (χ0n) is 13.3. The number of benzene rings is 1. The van der Waals surface area contributed by atoms with E-state index < -0.39 is 24.0 Å². The Bertz CT molecular complexity index is 530. The third-order valence-corrected chi connectivity index (χ3v) is 3.12. The number of rotatable bonds is 6. The van der Waals surface area contributed by atoms with Gasteiger partial charge in [-0.05, 0) is 19.4 Å². The monoisotopic (exact) mass is 306 g/mol. The zero-order chi connectivity index (χ0) is 16.7. The van der Waals surface area contributed by atoms with E-state index in [-0.39, 0.29) is 11.9 Å². The van der Waals surface area contributed by atoms with E-state index in [1.807, 2.05) is 37.3 Å². The second-order valence-electron chi connectivity index (χ2n) is 5.13. The highest BCUT2D eigenvalue weighted by Gasteiger charge is 2.29. The van der Waals surface area contributed by atoms with Gasteiger partial charge >= 0.3 is 5.97 Å². The van der Waals surface area contributed by atoms with E-state index in [2.05, 4.69) is 10.6 Å². The highest BCUT2D eigenvalue weighted by molar-refractivity contribution is 5.88. The van der Waals surface area contributed by atoms with Gasteiger partial charge in [0.2, 0.25) is 11.8 Å². The van der Waals surface area contributed by atoms with Crippen LogP contribution in [-0.4, -0.2) is 29.9 Å². The third kappa shape index (κ3) is 5.55. The molecule has 120 valence electrons. The molecule has 1 rings (SSSR count). The van der Waals surface area contributed by atoms with Gasteiger partial charge in [-0.25, -0.2) is 0 Å². The molecule has 0 fully saturated rings. The number of ether oxygens (including phenoxy) is 1. The third-order valence-electron chi connectivity index (χ3n) is 3.12. The van der Waals surface area contributed by atoms with E-state index in [9.17, 15) is 14.4 Å². The van der Waals surface area contributed by atoms with Crippen LogP contribution in [0.15, 0.2) is 30.3 Å². The van der Waals surface area contributed by atoms with Crippen molar-refractivity contribution in [3.05, 3.63) is 35.9 Å². The molecule has 0 aliphatic carbocycles. The highest BCUT2D eigenvalue weighted by atomic mass is 16.5. The van der Waals surface area contributed by atoms with E-state index in [1.54, 1.807) is 6.92 Å². The number of carbonyl (C=O) groups excluding carboxylic acids is 3. The van der Waals surface area contributed by atoms with E-state index >= 15 is 0 Å². The second-order valence-corrected chi connectivity index (χ2v) is 5.13. The first kappa shape index (κ1) is 17.7. The summed E-state index contributed by atoms with van der Waals surface area (Å²) in [7, 11) is 0. The van der Waals surface area contributed by atoms with Crippen molar-refractivity contribution >= 4 is 17.8 Å². The average Bonchev–Trinajstić information content (AvgIpc) is 2.44. The van der Waals surface area contributed by atoms with Gasteiger partial charge in [0.1, 0.15) is 12.1 Å². The summed E-state index contributed by atoms with van der Waals surface area (Å²) in [5.41, 5.74) is 0.942. The Kier molecular flexibility index (Phi) is 6.56. The van der Waals surface area contributed by atoms with Gasteiger partial charge in [0.05, 0.1) is 6.04 Å². The summed E-state index contributed by atoms with van der Waals surface area (Å²) in [6.07, 6.45) is -0.760. The summed E-state index contributed by atoms with van der Waals surface area (Å²) in [5, 5.41) is 5.32. The molecule has 0 saturated carbocycles. The van der Waals surface area contributed by atoms with Gasteiger partial charge in [-0.2, -0.15) is 0 Å². The van der Waals surface area contributed by atoms with Crippen molar-refractivity contribution < 1.29 is 19.1 Å². The molecular weight excluding hydrogens is 284 g/mol. The van der Waals surface area contributed by atoms with E-state index in [1.165, 1.54) is 13.8 Å². The van der Waals surface area contributed by atoms with E-state index in [0.717, 1.165) is 5.56 Å². The minimum absolute atomic E-state index is 0.227. The Balaban J connectivity index is 2.78. The van der Waals surface area contributed by atoms with Crippen molar-refractivity contribution in [1.82, 2.24) is 10.6 Å². The molecule has 0 aromatic heterocycles. The summed E-state index contributed by atoms with van der Waals surface area (Å²) >= 11 is 0. The van der Waals surface area contributed by atoms with Crippen molar-refractivity contribution in [2.75, 3.05) is 0 Å². The number of hydrogen-bond donors (Lipinski definition) is 2. The van der Waals surface area contributed by atoms with Crippen molar-refractivity contribution in [3.63, 3.8) is 0 Å². The van der Waals surface area contributed by atoms with Crippen LogP contribution in [0, 0.1) is 0 Å². The molecule has 2 N–H and O–H groups in total. The Labute approximate surface area is 130 Å². The Morgan fingerprint density at radius 1 is 1.00 bits per heavy atom. The van der Waals surface area contributed by atoms with Crippen LogP contribution in [-0.2, 0) is 19.1 Å². The molecule has 0 aliphatic rings. The molecule has 0 bridgehead atoms. The van der Waals surface area contributed by atoms with Crippen molar-refractivity contribution in [1.29, 1.82) is 0 Å². The highest BCUT2D eigenvalue weighted by Crippen LogP contribution is 2.12. The maximum atomic E-state index is 12.4. The molecule has 0 unspecified atom stereocenters. The minimum Gasteiger partial charge on any atom is -0.460 e. The lowest BCUT2D eigenvalue weighted by Crippen LogP contribution is -2.53. The van der Waals surface area contributed by atoms with Crippen LogP contribution in [0.1, 0.15) is 39.3 Å². The predicted octanol–water partition coefficient (Wildman–Crippen LogP) is 1.32. The van der Waals surface area contributed by atoms with E-state index in [4.69, 9.17) is 4.74 Å². The number of hydrogen-bond acceptors (Lipinski definition) is 4. The lowest BCUT2D eigenvalue weighted by Gasteiger charge is -2.25. The molecule has 6 heteroatoms. The Morgan fingerprint density at radius 2 is 1.59 bits per heavy atom. The second kappa shape index (κ2) is 8.17. The van der Waals surface area contributed by atoms with E-state index in [0.29, 0.717) is 0 Å². The molecule has 6 nitrogen and oxygen atoms in total. The smallest absolute Gasteiger partial charge is 0.302 e. The first-order valence-electron chi connectivity index (χ1n) is 7.11. The van der Waals surface area contributed by atoms with Gasteiger partial charge < -0.3 is 15.4 Å². The van der Waals surface area contributed by atoms with Gasteiger partial charge in [0, 0.05) is 13.8 Å². The van der Waals surface area contributed by atoms with Crippen LogP contribution in [0.25, 0.3) is 0 Å². The van der Waals surface area contributed by atoms with Gasteiger partial charge in [-0.15, -0.1) is 0 Å². The number of esters is 1. The SMILES string of the molecule is CC(=O)N[C@H](C(=O)N[C@@H](C)c1ccccc1)[C@H](C)OC(C)=O. The molecule has 0 saturated heterocycles. The van der Waals surface area contributed by atoms with Gasteiger partial charge in [0.15, 0.2) is 0 Å². The van der Waals surface area contributed by atoms with Crippen molar-refractivity contribution in [2.45, 2.75) is 45.9 Å². The molecule has 0 spiro atoms. The van der Waals surface area contributed by atoms with Crippen LogP contribution in [0.4, 0.5) is 0 Å². The molecule has 2 amide bonds. The fourth-order valence-corrected chi connectivity index (χ4v) is 2.07. The lowest BCUT2D eigenvalue weighted by atomic mass is 10.1. The summed E-state index contributed by atoms with van der Waals surface area (Å²) in [5.74, 6) is -1.28.